The molecule has 1 unspecified atom stereocenters. The minimum absolute atomic E-state index is 0.355. The Morgan fingerprint density at radius 2 is 1.79 bits per heavy atom. The number of aliphatic hydroxyl groups excluding tert-OH is 1. The lowest BCUT2D eigenvalue weighted by atomic mass is 9.93. The monoisotopic (exact) mass is 269 g/mol. The number of nitrogens with one attached hydrogen (secondary N) is 1. The Morgan fingerprint density at radius 3 is 2.42 bits per heavy atom. The van der Waals surface area contributed by atoms with Gasteiger partial charge in [0, 0.05) is 19.2 Å². The quantitative estimate of drug-likeness (QED) is 0.666. The van der Waals surface area contributed by atoms with Crippen LogP contribution in [0.2, 0.25) is 0 Å². The van der Waals surface area contributed by atoms with Gasteiger partial charge in [-0.3, -0.25) is 0 Å². The predicted molar refractivity (Wildman–Crippen MR) is 78.2 cm³/mol. The molecule has 0 bridgehead atoms. The molecule has 2 saturated carbocycles. The fourth-order valence-electron chi connectivity index (χ4n) is 3.01. The summed E-state index contributed by atoms with van der Waals surface area (Å²) in [5.41, 5.74) is 0. The highest BCUT2D eigenvalue weighted by molar-refractivity contribution is 4.76. The molecule has 0 aromatic heterocycles. The molecule has 0 aromatic carbocycles. The molecule has 2 rings (SSSR count). The Balaban J connectivity index is 1.54. The fraction of sp³-hybridized carbons (Fsp3) is 1.00. The van der Waals surface area contributed by atoms with Crippen molar-refractivity contribution in [1.29, 1.82) is 0 Å². The third-order valence-electron chi connectivity index (χ3n) is 4.64. The van der Waals surface area contributed by atoms with E-state index in [1.807, 2.05) is 0 Å². The van der Waals surface area contributed by atoms with Gasteiger partial charge in [0.1, 0.15) is 0 Å². The van der Waals surface area contributed by atoms with Gasteiger partial charge in [-0.1, -0.05) is 25.7 Å². The molecular weight excluding hydrogens is 238 g/mol. The Hall–Kier alpha value is -0.120. The summed E-state index contributed by atoms with van der Waals surface area (Å²) >= 11 is 0. The smallest absolute Gasteiger partial charge is 0.0897 e. The van der Waals surface area contributed by atoms with Gasteiger partial charge in [0.2, 0.25) is 0 Å². The highest BCUT2D eigenvalue weighted by atomic mass is 16.5. The molecule has 0 aliphatic heterocycles. The van der Waals surface area contributed by atoms with Gasteiger partial charge in [0.15, 0.2) is 0 Å². The highest BCUT2D eigenvalue weighted by Gasteiger charge is 2.22. The maximum atomic E-state index is 9.90. The second kappa shape index (κ2) is 8.23. The molecule has 2 aliphatic carbocycles. The van der Waals surface area contributed by atoms with Crippen LogP contribution in [0.1, 0.15) is 58.3 Å². The summed E-state index contributed by atoms with van der Waals surface area (Å²) in [6, 6.07) is 0.524. The van der Waals surface area contributed by atoms with E-state index in [1.165, 1.54) is 51.4 Å². The van der Waals surface area contributed by atoms with Crippen LogP contribution in [0.3, 0.4) is 0 Å². The Morgan fingerprint density at radius 1 is 1.11 bits per heavy atom. The van der Waals surface area contributed by atoms with Gasteiger partial charge in [-0.05, 0) is 44.4 Å². The first-order valence-corrected chi connectivity index (χ1v) is 8.25. The van der Waals surface area contributed by atoms with Crippen molar-refractivity contribution in [3.05, 3.63) is 0 Å². The van der Waals surface area contributed by atoms with Gasteiger partial charge in [-0.15, -0.1) is 0 Å². The van der Waals surface area contributed by atoms with Crippen molar-refractivity contribution in [3.63, 3.8) is 0 Å². The zero-order valence-corrected chi connectivity index (χ0v) is 12.4. The highest BCUT2D eigenvalue weighted by Crippen LogP contribution is 2.28. The van der Waals surface area contributed by atoms with Crippen molar-refractivity contribution in [2.24, 2.45) is 11.8 Å². The standard InChI is InChI=1S/C16H31NO2/c1-13(15-6-4-2-3-5-7-15)17-10-16(18)12-19-11-14-8-9-14/h13-18H,2-12H2,1H3/t13-,16?/m0/s1. The van der Waals surface area contributed by atoms with Gasteiger partial charge in [-0.2, -0.15) is 0 Å². The maximum absolute atomic E-state index is 9.90. The van der Waals surface area contributed by atoms with Crippen molar-refractivity contribution in [1.82, 2.24) is 5.32 Å². The van der Waals surface area contributed by atoms with E-state index in [0.717, 1.165) is 18.4 Å². The van der Waals surface area contributed by atoms with E-state index in [9.17, 15) is 5.11 Å². The minimum Gasteiger partial charge on any atom is -0.389 e. The number of hydrogen-bond donors (Lipinski definition) is 2. The van der Waals surface area contributed by atoms with Crippen molar-refractivity contribution >= 4 is 0 Å². The first-order valence-electron chi connectivity index (χ1n) is 8.25. The van der Waals surface area contributed by atoms with E-state index in [0.29, 0.717) is 19.2 Å². The van der Waals surface area contributed by atoms with Crippen LogP contribution in [0.15, 0.2) is 0 Å². The van der Waals surface area contributed by atoms with Crippen LogP contribution < -0.4 is 5.32 Å². The average Bonchev–Trinajstić information content (AvgIpc) is 3.22. The first-order chi connectivity index (χ1) is 9.25. The van der Waals surface area contributed by atoms with Gasteiger partial charge >= 0.3 is 0 Å². The number of aliphatic hydroxyl groups is 1. The summed E-state index contributed by atoms with van der Waals surface area (Å²) in [4.78, 5) is 0. The molecule has 112 valence electrons. The van der Waals surface area contributed by atoms with E-state index in [-0.39, 0.29) is 6.10 Å². The molecule has 2 fully saturated rings. The molecule has 3 nitrogen and oxygen atoms in total. The van der Waals surface area contributed by atoms with E-state index >= 15 is 0 Å². The summed E-state index contributed by atoms with van der Waals surface area (Å²) in [5, 5.41) is 13.4. The van der Waals surface area contributed by atoms with Gasteiger partial charge < -0.3 is 15.2 Å². The lowest BCUT2D eigenvalue weighted by molar-refractivity contribution is 0.0304. The SMILES string of the molecule is C[C@H](NCC(O)COCC1CC1)C1CCCCCC1. The topological polar surface area (TPSA) is 41.5 Å². The molecule has 0 radical (unpaired) electrons. The van der Waals surface area contributed by atoms with Crippen molar-refractivity contribution in [2.45, 2.75) is 70.4 Å². The normalized spacial score (nSPS) is 24.9. The van der Waals surface area contributed by atoms with Crippen LogP contribution in [-0.2, 0) is 4.74 Å². The van der Waals surface area contributed by atoms with Crippen LogP contribution in [0.25, 0.3) is 0 Å². The Kier molecular flexibility index (Phi) is 6.62. The van der Waals surface area contributed by atoms with Crippen molar-refractivity contribution in [2.75, 3.05) is 19.8 Å². The van der Waals surface area contributed by atoms with E-state index in [1.54, 1.807) is 0 Å². The van der Waals surface area contributed by atoms with E-state index in [4.69, 9.17) is 4.74 Å². The lowest BCUT2D eigenvalue weighted by Gasteiger charge is -2.25. The average molecular weight is 269 g/mol. The first kappa shape index (κ1) is 15.3. The second-order valence-corrected chi connectivity index (χ2v) is 6.58. The minimum atomic E-state index is -0.355. The van der Waals surface area contributed by atoms with Crippen LogP contribution >= 0.6 is 0 Å². The van der Waals surface area contributed by atoms with Crippen molar-refractivity contribution in [3.8, 4) is 0 Å². The zero-order chi connectivity index (χ0) is 13.5. The van der Waals surface area contributed by atoms with Crippen LogP contribution in [0, 0.1) is 11.8 Å². The maximum Gasteiger partial charge on any atom is 0.0897 e. The van der Waals surface area contributed by atoms with E-state index in [2.05, 4.69) is 12.2 Å². The molecule has 3 heteroatoms. The largest absolute Gasteiger partial charge is 0.389 e. The summed E-state index contributed by atoms with van der Waals surface area (Å²) in [5.74, 6) is 1.58. The lowest BCUT2D eigenvalue weighted by Crippen LogP contribution is -2.40. The molecule has 19 heavy (non-hydrogen) atoms. The molecule has 0 heterocycles. The molecule has 0 saturated heterocycles. The molecule has 2 N–H and O–H groups in total. The zero-order valence-electron chi connectivity index (χ0n) is 12.4. The Bertz CT molecular complexity index is 235. The molecule has 2 atom stereocenters. The third kappa shape index (κ3) is 6.24. The summed E-state index contributed by atoms with van der Waals surface area (Å²) in [6.45, 7) is 4.27. The van der Waals surface area contributed by atoms with Gasteiger partial charge in [0.25, 0.3) is 0 Å². The molecule has 0 amide bonds. The fourth-order valence-corrected chi connectivity index (χ4v) is 3.01. The number of hydrogen-bond acceptors (Lipinski definition) is 3. The van der Waals surface area contributed by atoms with Gasteiger partial charge in [-0.25, -0.2) is 0 Å². The van der Waals surface area contributed by atoms with Crippen LogP contribution in [0.4, 0.5) is 0 Å². The number of rotatable bonds is 8. The van der Waals surface area contributed by atoms with Gasteiger partial charge in [0.05, 0.1) is 12.7 Å². The summed E-state index contributed by atoms with van der Waals surface area (Å²) < 4.78 is 5.53. The van der Waals surface area contributed by atoms with Crippen LogP contribution in [0.5, 0.6) is 0 Å². The predicted octanol–water partition coefficient (Wildman–Crippen LogP) is 2.72. The second-order valence-electron chi connectivity index (χ2n) is 6.58. The number of ether oxygens (including phenoxy) is 1. The van der Waals surface area contributed by atoms with Crippen molar-refractivity contribution < 1.29 is 9.84 Å². The molecule has 0 spiro atoms. The van der Waals surface area contributed by atoms with Crippen LogP contribution in [-0.4, -0.2) is 37.0 Å². The molecule has 2 aliphatic rings. The molecule has 0 aromatic rings. The summed E-state index contributed by atoms with van der Waals surface area (Å²) in [6.07, 6.45) is 10.5. The third-order valence-corrected chi connectivity index (χ3v) is 4.64. The Labute approximate surface area is 118 Å². The van der Waals surface area contributed by atoms with E-state index < -0.39 is 0 Å². The summed E-state index contributed by atoms with van der Waals surface area (Å²) in [7, 11) is 0. The molecular formula is C16H31NO2.